The van der Waals surface area contributed by atoms with Crippen LogP contribution in [0.2, 0.25) is 0 Å². The molecule has 0 aromatic heterocycles. The molecule has 1 aromatic rings. The van der Waals surface area contributed by atoms with Crippen LogP contribution >= 0.6 is 0 Å². The number of hydrogen-bond donors (Lipinski definition) is 2. The fraction of sp³-hybridized carbons (Fsp3) is 0.455. The first-order valence-electron chi connectivity index (χ1n) is 4.79. The minimum atomic E-state index is 0.310. The smallest absolute Gasteiger partial charge is 0.115 e. The summed E-state index contributed by atoms with van der Waals surface area (Å²) in [4.78, 5) is 0. The number of rotatable bonds is 3. The fourth-order valence-corrected chi connectivity index (χ4v) is 1.60. The Balaban J connectivity index is 1.96. The van der Waals surface area contributed by atoms with Crippen LogP contribution in [0.4, 0.5) is 0 Å². The second kappa shape index (κ2) is 3.38. The Morgan fingerprint density at radius 2 is 1.92 bits per heavy atom. The molecule has 1 aliphatic rings. The monoisotopic (exact) mass is 177 g/mol. The standard InChI is InChI=1S/C11H15NO/c12-11(9-3-4-9)7-8-1-5-10(13)6-2-8/h1-2,5-6,9,11,13H,3-4,7,12H2. The highest BCUT2D eigenvalue weighted by Gasteiger charge is 2.28. The van der Waals surface area contributed by atoms with Crippen molar-refractivity contribution in [2.75, 3.05) is 0 Å². The van der Waals surface area contributed by atoms with E-state index >= 15 is 0 Å². The minimum absolute atomic E-state index is 0.310. The molecule has 2 heteroatoms. The zero-order valence-corrected chi connectivity index (χ0v) is 7.61. The van der Waals surface area contributed by atoms with Gasteiger partial charge in [-0.05, 0) is 42.9 Å². The van der Waals surface area contributed by atoms with E-state index in [1.54, 1.807) is 12.1 Å². The molecule has 0 amide bonds. The molecule has 0 saturated heterocycles. The number of aromatic hydroxyl groups is 1. The SMILES string of the molecule is NC(Cc1ccc(O)cc1)C1CC1. The van der Waals surface area contributed by atoms with E-state index in [9.17, 15) is 0 Å². The summed E-state index contributed by atoms with van der Waals surface area (Å²) in [5, 5.41) is 9.08. The number of benzene rings is 1. The zero-order valence-electron chi connectivity index (χ0n) is 7.61. The second-order valence-corrected chi connectivity index (χ2v) is 3.87. The highest BCUT2D eigenvalue weighted by atomic mass is 16.3. The van der Waals surface area contributed by atoms with Crippen molar-refractivity contribution < 1.29 is 5.11 Å². The van der Waals surface area contributed by atoms with E-state index in [1.165, 1.54) is 18.4 Å². The summed E-state index contributed by atoms with van der Waals surface area (Å²) in [6.07, 6.45) is 3.52. The van der Waals surface area contributed by atoms with Crippen molar-refractivity contribution in [1.29, 1.82) is 0 Å². The lowest BCUT2D eigenvalue weighted by Gasteiger charge is -2.09. The summed E-state index contributed by atoms with van der Waals surface area (Å²) in [5.41, 5.74) is 7.21. The van der Waals surface area contributed by atoms with Crippen LogP contribution in [0.1, 0.15) is 18.4 Å². The molecular weight excluding hydrogens is 162 g/mol. The van der Waals surface area contributed by atoms with Crippen molar-refractivity contribution in [3.63, 3.8) is 0 Å². The van der Waals surface area contributed by atoms with Crippen LogP contribution in [0.25, 0.3) is 0 Å². The molecule has 0 spiro atoms. The van der Waals surface area contributed by atoms with Crippen LogP contribution in [-0.2, 0) is 6.42 Å². The van der Waals surface area contributed by atoms with Gasteiger partial charge in [0.2, 0.25) is 0 Å². The molecule has 3 N–H and O–H groups in total. The molecule has 2 rings (SSSR count). The van der Waals surface area contributed by atoms with Gasteiger partial charge in [0, 0.05) is 6.04 Å². The van der Waals surface area contributed by atoms with Gasteiger partial charge >= 0.3 is 0 Å². The Labute approximate surface area is 78.4 Å². The highest BCUT2D eigenvalue weighted by Crippen LogP contribution is 2.32. The minimum Gasteiger partial charge on any atom is -0.508 e. The van der Waals surface area contributed by atoms with Crippen molar-refractivity contribution >= 4 is 0 Å². The first-order valence-corrected chi connectivity index (χ1v) is 4.79. The van der Waals surface area contributed by atoms with Gasteiger partial charge in [-0.3, -0.25) is 0 Å². The van der Waals surface area contributed by atoms with Crippen LogP contribution in [0.15, 0.2) is 24.3 Å². The Morgan fingerprint density at radius 1 is 1.31 bits per heavy atom. The third-order valence-corrected chi connectivity index (χ3v) is 2.64. The van der Waals surface area contributed by atoms with Gasteiger partial charge in [0.25, 0.3) is 0 Å². The molecule has 2 nitrogen and oxygen atoms in total. The molecular formula is C11H15NO. The lowest BCUT2D eigenvalue weighted by Crippen LogP contribution is -2.24. The van der Waals surface area contributed by atoms with E-state index in [4.69, 9.17) is 10.8 Å². The molecule has 1 saturated carbocycles. The summed E-state index contributed by atoms with van der Waals surface area (Å²) in [7, 11) is 0. The molecule has 0 aliphatic heterocycles. The number of hydrogen-bond acceptors (Lipinski definition) is 2. The van der Waals surface area contributed by atoms with Crippen molar-refractivity contribution in [1.82, 2.24) is 0 Å². The molecule has 0 radical (unpaired) electrons. The third-order valence-electron chi connectivity index (χ3n) is 2.64. The second-order valence-electron chi connectivity index (χ2n) is 3.87. The average molecular weight is 177 g/mol. The number of phenolic OH excluding ortho intramolecular Hbond substituents is 1. The van der Waals surface area contributed by atoms with Gasteiger partial charge in [0.05, 0.1) is 0 Å². The number of phenols is 1. The van der Waals surface area contributed by atoms with Gasteiger partial charge in [-0.25, -0.2) is 0 Å². The molecule has 13 heavy (non-hydrogen) atoms. The number of nitrogens with two attached hydrogens (primary N) is 1. The van der Waals surface area contributed by atoms with Crippen LogP contribution in [0.5, 0.6) is 5.75 Å². The maximum atomic E-state index is 9.08. The largest absolute Gasteiger partial charge is 0.508 e. The van der Waals surface area contributed by atoms with Crippen LogP contribution in [0, 0.1) is 5.92 Å². The Morgan fingerprint density at radius 3 is 2.46 bits per heavy atom. The summed E-state index contributed by atoms with van der Waals surface area (Å²) < 4.78 is 0. The van der Waals surface area contributed by atoms with Gasteiger partial charge in [-0.1, -0.05) is 12.1 Å². The topological polar surface area (TPSA) is 46.2 Å². The zero-order chi connectivity index (χ0) is 9.26. The predicted octanol–water partition coefficient (Wildman–Crippen LogP) is 1.67. The Bertz CT molecular complexity index is 277. The maximum Gasteiger partial charge on any atom is 0.115 e. The van der Waals surface area contributed by atoms with Gasteiger partial charge in [0.1, 0.15) is 5.75 Å². The van der Waals surface area contributed by atoms with E-state index in [-0.39, 0.29) is 0 Å². The van der Waals surface area contributed by atoms with E-state index in [0.717, 1.165) is 12.3 Å². The molecule has 0 bridgehead atoms. The molecule has 0 heterocycles. The molecule has 1 aliphatic carbocycles. The maximum absolute atomic E-state index is 9.08. The van der Waals surface area contributed by atoms with Crippen molar-refractivity contribution in [2.24, 2.45) is 11.7 Å². The Hall–Kier alpha value is -1.02. The van der Waals surface area contributed by atoms with Gasteiger partial charge in [0.15, 0.2) is 0 Å². The van der Waals surface area contributed by atoms with Gasteiger partial charge in [-0.2, -0.15) is 0 Å². The van der Waals surface area contributed by atoms with Crippen molar-refractivity contribution in [3.8, 4) is 5.75 Å². The first kappa shape index (κ1) is 8.57. The first-order chi connectivity index (χ1) is 6.25. The fourth-order valence-electron chi connectivity index (χ4n) is 1.60. The average Bonchev–Trinajstić information content (AvgIpc) is 2.91. The summed E-state index contributed by atoms with van der Waals surface area (Å²) in [6.45, 7) is 0. The van der Waals surface area contributed by atoms with E-state index < -0.39 is 0 Å². The molecule has 1 atom stereocenters. The van der Waals surface area contributed by atoms with Crippen LogP contribution in [0.3, 0.4) is 0 Å². The molecule has 1 aromatic carbocycles. The summed E-state index contributed by atoms with van der Waals surface area (Å²) in [5.74, 6) is 1.07. The highest BCUT2D eigenvalue weighted by molar-refractivity contribution is 5.26. The third kappa shape index (κ3) is 2.22. The lowest BCUT2D eigenvalue weighted by atomic mass is 10.0. The molecule has 1 unspecified atom stereocenters. The van der Waals surface area contributed by atoms with Crippen LogP contribution < -0.4 is 5.73 Å². The normalized spacial score (nSPS) is 18.5. The lowest BCUT2D eigenvalue weighted by molar-refractivity contribution is 0.475. The van der Waals surface area contributed by atoms with E-state index in [1.807, 2.05) is 12.1 Å². The van der Waals surface area contributed by atoms with Crippen LogP contribution in [-0.4, -0.2) is 11.1 Å². The van der Waals surface area contributed by atoms with Crippen molar-refractivity contribution in [2.45, 2.75) is 25.3 Å². The van der Waals surface area contributed by atoms with E-state index in [2.05, 4.69) is 0 Å². The Kier molecular flexibility index (Phi) is 2.23. The molecule has 1 fully saturated rings. The van der Waals surface area contributed by atoms with E-state index in [0.29, 0.717) is 11.8 Å². The molecule has 70 valence electrons. The van der Waals surface area contributed by atoms with Gasteiger partial charge in [-0.15, -0.1) is 0 Å². The quantitative estimate of drug-likeness (QED) is 0.737. The van der Waals surface area contributed by atoms with Crippen molar-refractivity contribution in [3.05, 3.63) is 29.8 Å². The predicted molar refractivity (Wildman–Crippen MR) is 52.5 cm³/mol. The summed E-state index contributed by atoms with van der Waals surface area (Å²) in [6, 6.07) is 7.63. The van der Waals surface area contributed by atoms with Gasteiger partial charge < -0.3 is 10.8 Å². The summed E-state index contributed by atoms with van der Waals surface area (Å²) >= 11 is 0.